The van der Waals surface area contributed by atoms with Gasteiger partial charge in [0.2, 0.25) is 0 Å². The van der Waals surface area contributed by atoms with Gasteiger partial charge in [0.15, 0.2) is 0 Å². The standard InChI is InChI=1S/C20H21F3N2O/c1-2-3-4-5-16-6-8-17(9-7-16)14-24-25-15-18-10-12-19(13-11-18)26-20(21,22)23/h6-15H,2-5H2,1H3/b24-14+,25-15+. The molecule has 0 saturated heterocycles. The van der Waals surface area contributed by atoms with Gasteiger partial charge >= 0.3 is 6.36 Å². The van der Waals surface area contributed by atoms with Crippen LogP contribution in [0.15, 0.2) is 58.7 Å². The second-order valence-electron chi connectivity index (χ2n) is 5.80. The number of hydrogen-bond acceptors (Lipinski definition) is 3. The monoisotopic (exact) mass is 362 g/mol. The van der Waals surface area contributed by atoms with Gasteiger partial charge in [0.25, 0.3) is 0 Å². The Balaban J connectivity index is 1.85. The van der Waals surface area contributed by atoms with E-state index in [9.17, 15) is 13.2 Å². The first-order valence-corrected chi connectivity index (χ1v) is 8.47. The molecule has 0 bridgehead atoms. The number of benzene rings is 2. The van der Waals surface area contributed by atoms with E-state index in [1.54, 1.807) is 6.21 Å². The fraction of sp³-hybridized carbons (Fsp3) is 0.300. The summed E-state index contributed by atoms with van der Waals surface area (Å²) in [5, 5.41) is 7.86. The highest BCUT2D eigenvalue weighted by Crippen LogP contribution is 2.22. The topological polar surface area (TPSA) is 34.0 Å². The molecular formula is C20H21F3N2O. The number of halogens is 3. The Bertz CT molecular complexity index is 720. The van der Waals surface area contributed by atoms with Crippen LogP contribution in [0.3, 0.4) is 0 Å². The number of ether oxygens (including phenoxy) is 1. The van der Waals surface area contributed by atoms with Gasteiger partial charge in [-0.05, 0) is 53.8 Å². The lowest BCUT2D eigenvalue weighted by atomic mass is 10.1. The van der Waals surface area contributed by atoms with Crippen molar-refractivity contribution >= 4 is 12.4 Å². The van der Waals surface area contributed by atoms with Crippen LogP contribution in [-0.4, -0.2) is 18.8 Å². The molecule has 0 amide bonds. The summed E-state index contributed by atoms with van der Waals surface area (Å²) in [4.78, 5) is 0. The Morgan fingerprint density at radius 2 is 1.38 bits per heavy atom. The predicted molar refractivity (Wildman–Crippen MR) is 98.0 cm³/mol. The van der Waals surface area contributed by atoms with Crippen molar-refractivity contribution < 1.29 is 17.9 Å². The molecule has 2 rings (SSSR count). The van der Waals surface area contributed by atoms with Gasteiger partial charge in [0, 0.05) is 0 Å². The normalized spacial score (nSPS) is 12.2. The third-order valence-electron chi connectivity index (χ3n) is 3.64. The number of aryl methyl sites for hydroxylation is 1. The number of unbranched alkanes of at least 4 members (excludes halogenated alkanes) is 2. The molecule has 0 spiro atoms. The van der Waals surface area contributed by atoms with E-state index in [0.29, 0.717) is 5.56 Å². The lowest BCUT2D eigenvalue weighted by Gasteiger charge is -2.08. The van der Waals surface area contributed by atoms with Gasteiger partial charge in [0.05, 0.1) is 12.4 Å². The average molecular weight is 362 g/mol. The van der Waals surface area contributed by atoms with Crippen LogP contribution in [-0.2, 0) is 6.42 Å². The summed E-state index contributed by atoms with van der Waals surface area (Å²) < 4.78 is 40.1. The molecule has 2 aromatic rings. The van der Waals surface area contributed by atoms with Gasteiger partial charge < -0.3 is 4.74 Å². The van der Waals surface area contributed by atoms with Gasteiger partial charge in [-0.1, -0.05) is 44.0 Å². The highest BCUT2D eigenvalue weighted by atomic mass is 19.4. The van der Waals surface area contributed by atoms with Gasteiger partial charge in [0.1, 0.15) is 5.75 Å². The molecule has 6 heteroatoms. The summed E-state index contributed by atoms with van der Waals surface area (Å²) in [6.45, 7) is 2.19. The first-order valence-electron chi connectivity index (χ1n) is 8.47. The van der Waals surface area contributed by atoms with Crippen molar-refractivity contribution in [1.82, 2.24) is 0 Å². The third-order valence-corrected chi connectivity index (χ3v) is 3.64. The van der Waals surface area contributed by atoms with Crippen LogP contribution >= 0.6 is 0 Å². The molecule has 0 heterocycles. The molecule has 0 fully saturated rings. The third kappa shape index (κ3) is 7.51. The van der Waals surface area contributed by atoms with Crippen LogP contribution in [0.2, 0.25) is 0 Å². The molecule has 0 aliphatic rings. The van der Waals surface area contributed by atoms with E-state index >= 15 is 0 Å². The molecule has 2 aromatic carbocycles. The van der Waals surface area contributed by atoms with Gasteiger partial charge in [-0.3, -0.25) is 0 Å². The minimum absolute atomic E-state index is 0.267. The largest absolute Gasteiger partial charge is 0.573 e. The summed E-state index contributed by atoms with van der Waals surface area (Å²) in [6.07, 6.45) is 3.13. The van der Waals surface area contributed by atoms with Crippen LogP contribution in [0, 0.1) is 0 Å². The Morgan fingerprint density at radius 3 is 1.88 bits per heavy atom. The second-order valence-corrected chi connectivity index (χ2v) is 5.80. The molecule has 138 valence electrons. The van der Waals surface area contributed by atoms with Crippen LogP contribution < -0.4 is 4.74 Å². The average Bonchev–Trinajstić information content (AvgIpc) is 2.60. The van der Waals surface area contributed by atoms with E-state index in [1.807, 2.05) is 12.1 Å². The summed E-state index contributed by atoms with van der Waals surface area (Å²) in [7, 11) is 0. The van der Waals surface area contributed by atoms with Crippen molar-refractivity contribution in [2.24, 2.45) is 10.2 Å². The summed E-state index contributed by atoms with van der Waals surface area (Å²) in [5.41, 5.74) is 2.87. The number of alkyl halides is 3. The predicted octanol–water partition coefficient (Wildman–Crippen LogP) is 5.77. The second kappa shape index (κ2) is 9.75. The summed E-state index contributed by atoms with van der Waals surface area (Å²) in [6, 6.07) is 13.6. The van der Waals surface area contributed by atoms with E-state index in [4.69, 9.17) is 0 Å². The van der Waals surface area contributed by atoms with E-state index in [0.717, 1.165) is 12.0 Å². The molecule has 0 aromatic heterocycles. The van der Waals surface area contributed by atoms with Crippen LogP contribution in [0.5, 0.6) is 5.75 Å². The Morgan fingerprint density at radius 1 is 0.846 bits per heavy atom. The zero-order valence-corrected chi connectivity index (χ0v) is 14.5. The Kier molecular flexibility index (Phi) is 7.38. The molecule has 0 saturated carbocycles. The number of rotatable bonds is 8. The molecule has 0 unspecified atom stereocenters. The molecular weight excluding hydrogens is 341 g/mol. The van der Waals surface area contributed by atoms with Gasteiger partial charge in [-0.15, -0.1) is 13.2 Å². The van der Waals surface area contributed by atoms with Crippen molar-refractivity contribution in [3.05, 3.63) is 65.2 Å². The maximum atomic E-state index is 12.1. The SMILES string of the molecule is CCCCCc1ccc(/C=N/N=C/c2ccc(OC(F)(F)F)cc2)cc1. The lowest BCUT2D eigenvalue weighted by Crippen LogP contribution is -2.16. The van der Waals surface area contributed by atoms with Crippen molar-refractivity contribution in [3.63, 3.8) is 0 Å². The van der Waals surface area contributed by atoms with Crippen LogP contribution in [0.1, 0.15) is 42.9 Å². The molecule has 0 aliphatic heterocycles. The minimum atomic E-state index is -4.69. The molecule has 0 atom stereocenters. The van der Waals surface area contributed by atoms with Crippen molar-refractivity contribution in [3.8, 4) is 5.75 Å². The summed E-state index contributed by atoms with van der Waals surface area (Å²) >= 11 is 0. The highest BCUT2D eigenvalue weighted by Gasteiger charge is 2.30. The fourth-order valence-electron chi connectivity index (χ4n) is 2.31. The summed E-state index contributed by atoms with van der Waals surface area (Å²) in [5.74, 6) is -0.267. The first kappa shape index (κ1) is 19.7. The zero-order valence-electron chi connectivity index (χ0n) is 14.5. The first-order chi connectivity index (χ1) is 12.5. The Hall–Kier alpha value is -2.63. The van der Waals surface area contributed by atoms with E-state index in [1.165, 1.54) is 55.3 Å². The molecule has 26 heavy (non-hydrogen) atoms. The fourth-order valence-corrected chi connectivity index (χ4v) is 2.31. The lowest BCUT2D eigenvalue weighted by molar-refractivity contribution is -0.274. The zero-order chi connectivity index (χ0) is 18.8. The highest BCUT2D eigenvalue weighted by molar-refractivity contribution is 5.82. The van der Waals surface area contributed by atoms with Crippen LogP contribution in [0.4, 0.5) is 13.2 Å². The van der Waals surface area contributed by atoms with E-state index < -0.39 is 6.36 Å². The van der Waals surface area contributed by atoms with Crippen LogP contribution in [0.25, 0.3) is 0 Å². The van der Waals surface area contributed by atoms with Gasteiger partial charge in [-0.25, -0.2) is 0 Å². The maximum Gasteiger partial charge on any atom is 0.573 e. The van der Waals surface area contributed by atoms with Crippen molar-refractivity contribution in [1.29, 1.82) is 0 Å². The van der Waals surface area contributed by atoms with E-state index in [2.05, 4.69) is 34.0 Å². The number of hydrogen-bond donors (Lipinski definition) is 0. The van der Waals surface area contributed by atoms with Crippen molar-refractivity contribution in [2.45, 2.75) is 39.0 Å². The quantitative estimate of drug-likeness (QED) is 0.333. The van der Waals surface area contributed by atoms with Crippen molar-refractivity contribution in [2.75, 3.05) is 0 Å². The maximum absolute atomic E-state index is 12.1. The van der Waals surface area contributed by atoms with E-state index in [-0.39, 0.29) is 5.75 Å². The molecule has 3 nitrogen and oxygen atoms in total. The molecule has 0 radical (unpaired) electrons. The number of nitrogens with zero attached hydrogens (tertiary/aromatic N) is 2. The molecule has 0 aliphatic carbocycles. The van der Waals surface area contributed by atoms with Gasteiger partial charge in [-0.2, -0.15) is 10.2 Å². The minimum Gasteiger partial charge on any atom is -0.406 e. The smallest absolute Gasteiger partial charge is 0.406 e. The Labute approximate surface area is 151 Å². The molecule has 0 N–H and O–H groups in total.